The summed E-state index contributed by atoms with van der Waals surface area (Å²) in [5, 5.41) is 12.1. The van der Waals surface area contributed by atoms with Crippen molar-refractivity contribution in [1.29, 1.82) is 0 Å². The molecular formula is C12H20N4O3. The number of aliphatic hydroxyl groups is 1. The topological polar surface area (TPSA) is 110 Å². The van der Waals surface area contributed by atoms with Gasteiger partial charge in [-0.1, -0.05) is 0 Å². The molecule has 0 radical (unpaired) electrons. The molecule has 0 fully saturated rings. The summed E-state index contributed by atoms with van der Waals surface area (Å²) in [6.45, 7) is 5.66. The third kappa shape index (κ3) is 5.62. The molecule has 0 aliphatic carbocycles. The van der Waals surface area contributed by atoms with E-state index in [0.717, 1.165) is 0 Å². The molecule has 0 aliphatic heterocycles. The first kappa shape index (κ1) is 15.3. The van der Waals surface area contributed by atoms with Crippen LogP contribution in [0.15, 0.2) is 12.4 Å². The van der Waals surface area contributed by atoms with Gasteiger partial charge in [0.15, 0.2) is 0 Å². The number of aliphatic hydroxyl groups excluding tert-OH is 1. The molecule has 106 valence electrons. The Labute approximate surface area is 112 Å². The van der Waals surface area contributed by atoms with Crippen LogP contribution in [0.5, 0.6) is 0 Å². The van der Waals surface area contributed by atoms with E-state index in [1.807, 2.05) is 0 Å². The highest BCUT2D eigenvalue weighted by molar-refractivity contribution is 5.82. The van der Waals surface area contributed by atoms with E-state index in [0.29, 0.717) is 18.5 Å². The van der Waals surface area contributed by atoms with Gasteiger partial charge in [0.1, 0.15) is 5.60 Å². The molecule has 4 N–H and O–H groups in total. The standard InChI is InChI=1S/C12H20N4O3/c1-12(2,3)19-11(18)16-10-14-6-8(7-15-10)9(17)4-5-13/h6-7,9,17H,4-5,13H2,1-3H3,(H,14,15,16,18)/t9-/m0/s1. The molecule has 7 nitrogen and oxygen atoms in total. The molecular weight excluding hydrogens is 248 g/mol. The number of nitrogens with one attached hydrogen (secondary N) is 1. The zero-order valence-electron chi connectivity index (χ0n) is 11.4. The predicted octanol–water partition coefficient (Wildman–Crippen LogP) is 1.21. The molecule has 1 aromatic heterocycles. The van der Waals surface area contributed by atoms with E-state index >= 15 is 0 Å². The van der Waals surface area contributed by atoms with Crippen LogP contribution >= 0.6 is 0 Å². The van der Waals surface area contributed by atoms with Gasteiger partial charge in [-0.25, -0.2) is 14.8 Å². The Morgan fingerprint density at radius 1 is 1.47 bits per heavy atom. The van der Waals surface area contributed by atoms with Crippen molar-refractivity contribution in [3.63, 3.8) is 0 Å². The van der Waals surface area contributed by atoms with Crippen LogP contribution in [0.3, 0.4) is 0 Å². The van der Waals surface area contributed by atoms with E-state index in [1.54, 1.807) is 20.8 Å². The lowest BCUT2D eigenvalue weighted by atomic mass is 10.1. The van der Waals surface area contributed by atoms with Crippen molar-refractivity contribution in [1.82, 2.24) is 9.97 Å². The smallest absolute Gasteiger partial charge is 0.414 e. The first-order valence-corrected chi connectivity index (χ1v) is 6.02. The van der Waals surface area contributed by atoms with Crippen molar-refractivity contribution < 1.29 is 14.6 Å². The molecule has 1 aromatic rings. The number of nitrogens with two attached hydrogens (primary N) is 1. The van der Waals surface area contributed by atoms with Crippen LogP contribution in [0.2, 0.25) is 0 Å². The van der Waals surface area contributed by atoms with Gasteiger partial charge in [-0.3, -0.25) is 5.32 Å². The molecule has 0 bridgehead atoms. The fourth-order valence-electron chi connectivity index (χ4n) is 1.29. The number of ether oxygens (including phenoxy) is 1. The number of anilines is 1. The van der Waals surface area contributed by atoms with Gasteiger partial charge in [0, 0.05) is 18.0 Å². The minimum absolute atomic E-state index is 0.123. The second kappa shape index (κ2) is 6.44. The Bertz CT molecular complexity index is 414. The highest BCUT2D eigenvalue weighted by Gasteiger charge is 2.17. The Balaban J connectivity index is 2.59. The van der Waals surface area contributed by atoms with Crippen molar-refractivity contribution in [3.8, 4) is 0 Å². The minimum Gasteiger partial charge on any atom is -0.444 e. The summed E-state index contributed by atoms with van der Waals surface area (Å²) in [6.07, 6.45) is 2.01. The SMILES string of the molecule is CC(C)(C)OC(=O)Nc1ncc([C@@H](O)CCN)cn1. The quantitative estimate of drug-likeness (QED) is 0.757. The van der Waals surface area contributed by atoms with Crippen LogP contribution in [-0.2, 0) is 4.74 Å². The van der Waals surface area contributed by atoms with Crippen molar-refractivity contribution >= 4 is 12.0 Å². The first-order valence-electron chi connectivity index (χ1n) is 6.02. The number of hydrogen-bond donors (Lipinski definition) is 3. The highest BCUT2D eigenvalue weighted by atomic mass is 16.6. The molecule has 0 saturated carbocycles. The molecule has 1 heterocycles. The molecule has 0 aliphatic rings. The van der Waals surface area contributed by atoms with Gasteiger partial charge in [-0.2, -0.15) is 0 Å². The molecule has 0 unspecified atom stereocenters. The minimum atomic E-state index is -0.694. The van der Waals surface area contributed by atoms with Crippen LogP contribution < -0.4 is 11.1 Å². The number of rotatable bonds is 4. The second-order valence-corrected chi connectivity index (χ2v) is 5.06. The van der Waals surface area contributed by atoms with Gasteiger partial charge >= 0.3 is 6.09 Å². The van der Waals surface area contributed by atoms with Crippen LogP contribution in [0.1, 0.15) is 38.9 Å². The molecule has 0 saturated heterocycles. The van der Waals surface area contributed by atoms with Gasteiger partial charge in [0.25, 0.3) is 0 Å². The molecule has 7 heteroatoms. The number of carbonyl (C=O) groups excluding carboxylic acids is 1. The number of carbonyl (C=O) groups is 1. The highest BCUT2D eigenvalue weighted by Crippen LogP contribution is 2.14. The maximum Gasteiger partial charge on any atom is 0.414 e. The summed E-state index contributed by atoms with van der Waals surface area (Å²) in [6, 6.07) is 0. The molecule has 1 amide bonds. The monoisotopic (exact) mass is 268 g/mol. The zero-order valence-corrected chi connectivity index (χ0v) is 11.4. The van der Waals surface area contributed by atoms with Gasteiger partial charge < -0.3 is 15.6 Å². The second-order valence-electron chi connectivity index (χ2n) is 5.06. The first-order chi connectivity index (χ1) is 8.81. The van der Waals surface area contributed by atoms with Crippen molar-refractivity contribution in [3.05, 3.63) is 18.0 Å². The molecule has 0 spiro atoms. The lowest BCUT2D eigenvalue weighted by Crippen LogP contribution is -2.27. The summed E-state index contributed by atoms with van der Waals surface area (Å²) in [7, 11) is 0. The Kier molecular flexibility index (Phi) is 5.20. The summed E-state index contributed by atoms with van der Waals surface area (Å²) in [4.78, 5) is 19.3. The molecule has 19 heavy (non-hydrogen) atoms. The maximum atomic E-state index is 11.5. The number of nitrogens with zero attached hydrogens (tertiary/aromatic N) is 2. The largest absolute Gasteiger partial charge is 0.444 e. The van der Waals surface area contributed by atoms with Crippen molar-refractivity contribution in [2.45, 2.75) is 38.9 Å². The van der Waals surface area contributed by atoms with Crippen LogP contribution in [0, 0.1) is 0 Å². The van der Waals surface area contributed by atoms with E-state index in [-0.39, 0.29) is 5.95 Å². The third-order valence-electron chi connectivity index (χ3n) is 2.11. The van der Waals surface area contributed by atoms with Crippen molar-refractivity contribution in [2.24, 2.45) is 5.73 Å². The summed E-state index contributed by atoms with van der Waals surface area (Å²) in [5.41, 5.74) is 5.32. The van der Waals surface area contributed by atoms with E-state index in [9.17, 15) is 9.90 Å². The third-order valence-corrected chi connectivity index (χ3v) is 2.11. The predicted molar refractivity (Wildman–Crippen MR) is 70.5 cm³/mol. The number of amides is 1. The average molecular weight is 268 g/mol. The lowest BCUT2D eigenvalue weighted by molar-refractivity contribution is 0.0634. The van der Waals surface area contributed by atoms with Crippen LogP contribution in [0.25, 0.3) is 0 Å². The fourth-order valence-corrected chi connectivity index (χ4v) is 1.29. The van der Waals surface area contributed by atoms with E-state index < -0.39 is 17.8 Å². The Hall–Kier alpha value is -1.73. The fraction of sp³-hybridized carbons (Fsp3) is 0.583. The van der Waals surface area contributed by atoms with Gasteiger partial charge in [0.2, 0.25) is 5.95 Å². The summed E-state index contributed by atoms with van der Waals surface area (Å²) < 4.78 is 5.06. The summed E-state index contributed by atoms with van der Waals surface area (Å²) >= 11 is 0. The zero-order chi connectivity index (χ0) is 14.5. The molecule has 1 atom stereocenters. The van der Waals surface area contributed by atoms with E-state index in [2.05, 4.69) is 15.3 Å². The van der Waals surface area contributed by atoms with Crippen LogP contribution in [0.4, 0.5) is 10.7 Å². The Morgan fingerprint density at radius 3 is 2.53 bits per heavy atom. The lowest BCUT2D eigenvalue weighted by Gasteiger charge is -2.19. The summed E-state index contributed by atoms with van der Waals surface area (Å²) in [5.74, 6) is 0.123. The molecule has 0 aromatic carbocycles. The average Bonchev–Trinajstić information content (AvgIpc) is 2.27. The molecule has 1 rings (SSSR count). The maximum absolute atomic E-state index is 11.5. The van der Waals surface area contributed by atoms with Crippen molar-refractivity contribution in [2.75, 3.05) is 11.9 Å². The van der Waals surface area contributed by atoms with E-state index in [1.165, 1.54) is 12.4 Å². The van der Waals surface area contributed by atoms with Gasteiger partial charge in [-0.15, -0.1) is 0 Å². The number of aromatic nitrogens is 2. The normalized spacial score (nSPS) is 12.9. The van der Waals surface area contributed by atoms with Gasteiger partial charge in [0.05, 0.1) is 6.10 Å². The van der Waals surface area contributed by atoms with Crippen LogP contribution in [-0.4, -0.2) is 33.3 Å². The number of hydrogen-bond acceptors (Lipinski definition) is 6. The van der Waals surface area contributed by atoms with Gasteiger partial charge in [-0.05, 0) is 33.7 Å². The Morgan fingerprint density at radius 2 is 2.05 bits per heavy atom. The van der Waals surface area contributed by atoms with E-state index in [4.69, 9.17) is 10.5 Å².